The predicted molar refractivity (Wildman–Crippen MR) is 146 cm³/mol. The summed E-state index contributed by atoms with van der Waals surface area (Å²) >= 11 is 0. The molecule has 9 nitrogen and oxygen atoms in total. The molecule has 0 radical (unpaired) electrons. The van der Waals surface area contributed by atoms with E-state index in [-0.39, 0.29) is 11.8 Å². The Morgan fingerprint density at radius 2 is 1.84 bits per heavy atom. The molecule has 2 aliphatic heterocycles. The van der Waals surface area contributed by atoms with Gasteiger partial charge in [-0.25, -0.2) is 9.97 Å². The zero-order valence-electron chi connectivity index (χ0n) is 21.7. The summed E-state index contributed by atoms with van der Waals surface area (Å²) in [6, 6.07) is 12.4. The van der Waals surface area contributed by atoms with Gasteiger partial charge in [-0.2, -0.15) is 0 Å². The molecule has 0 bridgehead atoms. The quantitative estimate of drug-likeness (QED) is 0.525. The number of phenolic OH excluding ortho intramolecular Hbond substituents is 1. The van der Waals surface area contributed by atoms with Crippen molar-refractivity contribution >= 4 is 17.3 Å². The molecule has 1 aromatic carbocycles. The van der Waals surface area contributed by atoms with Crippen molar-refractivity contribution in [1.29, 1.82) is 0 Å². The number of para-hydroxylation sites is 1. The Labute approximate surface area is 218 Å². The van der Waals surface area contributed by atoms with Crippen LogP contribution < -0.4 is 15.5 Å². The van der Waals surface area contributed by atoms with Gasteiger partial charge >= 0.3 is 0 Å². The highest BCUT2D eigenvalue weighted by molar-refractivity contribution is 5.74. The van der Waals surface area contributed by atoms with Crippen molar-refractivity contribution in [2.45, 2.75) is 51.7 Å². The zero-order valence-corrected chi connectivity index (χ0v) is 21.7. The van der Waals surface area contributed by atoms with Crippen molar-refractivity contribution in [2.24, 2.45) is 0 Å². The van der Waals surface area contributed by atoms with Gasteiger partial charge in [-0.15, -0.1) is 10.2 Å². The minimum Gasteiger partial charge on any atom is -0.507 e. The lowest BCUT2D eigenvalue weighted by Crippen LogP contribution is -2.52. The molecule has 37 heavy (non-hydrogen) atoms. The molecule has 2 aliphatic rings. The third-order valence-electron chi connectivity index (χ3n) is 7.49. The van der Waals surface area contributed by atoms with Crippen LogP contribution in [0, 0.1) is 11.8 Å². The molecule has 3 N–H and O–H groups in total. The number of benzene rings is 1. The lowest BCUT2D eigenvalue weighted by Gasteiger charge is -2.44. The van der Waals surface area contributed by atoms with E-state index < -0.39 is 0 Å². The Bertz CT molecular complexity index is 1310. The molecule has 192 valence electrons. The Hall–Kier alpha value is -3.90. The van der Waals surface area contributed by atoms with Gasteiger partial charge in [0, 0.05) is 49.5 Å². The van der Waals surface area contributed by atoms with Crippen molar-refractivity contribution in [1.82, 2.24) is 25.1 Å². The van der Waals surface area contributed by atoms with E-state index in [1.54, 1.807) is 18.3 Å². The largest absolute Gasteiger partial charge is 0.507 e. The number of rotatable bonds is 4. The number of hydrogen-bond acceptors (Lipinski definition) is 9. The number of nitrogens with zero attached hydrogens (tertiary/aromatic N) is 7. The fraction of sp³-hybridized carbons (Fsp3) is 0.429. The van der Waals surface area contributed by atoms with Gasteiger partial charge in [-0.3, -0.25) is 4.90 Å². The average molecular weight is 499 g/mol. The van der Waals surface area contributed by atoms with Crippen molar-refractivity contribution in [3.63, 3.8) is 0 Å². The fourth-order valence-electron chi connectivity index (χ4n) is 5.26. The molecule has 4 heterocycles. The summed E-state index contributed by atoms with van der Waals surface area (Å²) in [5.74, 6) is 8.40. The molecular formula is C28H34N8O. The molecule has 2 saturated heterocycles. The molecule has 2 fully saturated rings. The molecule has 0 aliphatic carbocycles. The maximum absolute atomic E-state index is 10.3. The van der Waals surface area contributed by atoms with Crippen LogP contribution in [0.3, 0.4) is 0 Å². The second-order valence-electron chi connectivity index (χ2n) is 9.98. The van der Waals surface area contributed by atoms with Crippen LogP contribution in [0.1, 0.15) is 39.4 Å². The number of phenols is 1. The molecule has 5 rings (SSSR count). The minimum atomic E-state index is 0.166. The first kappa shape index (κ1) is 24.8. The summed E-state index contributed by atoms with van der Waals surface area (Å²) in [6.45, 7) is 9.77. The van der Waals surface area contributed by atoms with Gasteiger partial charge < -0.3 is 20.6 Å². The van der Waals surface area contributed by atoms with Crippen LogP contribution >= 0.6 is 0 Å². The van der Waals surface area contributed by atoms with Gasteiger partial charge in [0.25, 0.3) is 0 Å². The summed E-state index contributed by atoms with van der Waals surface area (Å²) < 4.78 is 0. The van der Waals surface area contributed by atoms with Gasteiger partial charge in [0.15, 0.2) is 5.82 Å². The molecule has 0 spiro atoms. The summed E-state index contributed by atoms with van der Waals surface area (Å²) in [5, 5.41) is 18.7. The second-order valence-corrected chi connectivity index (χ2v) is 9.98. The van der Waals surface area contributed by atoms with E-state index in [2.05, 4.69) is 62.5 Å². The van der Waals surface area contributed by atoms with Crippen LogP contribution in [-0.2, 0) is 0 Å². The van der Waals surface area contributed by atoms with Crippen LogP contribution in [0.4, 0.5) is 17.3 Å². The summed E-state index contributed by atoms with van der Waals surface area (Å²) in [7, 11) is 0. The number of anilines is 3. The Kier molecular flexibility index (Phi) is 7.10. The molecule has 3 aromatic rings. The van der Waals surface area contributed by atoms with E-state index in [0.717, 1.165) is 44.1 Å². The highest BCUT2D eigenvalue weighted by atomic mass is 16.3. The topological polar surface area (TPSA) is 108 Å². The third kappa shape index (κ3) is 5.30. The summed E-state index contributed by atoms with van der Waals surface area (Å²) in [5.41, 5.74) is 8.31. The van der Waals surface area contributed by atoms with Crippen molar-refractivity contribution < 1.29 is 5.11 Å². The van der Waals surface area contributed by atoms with Crippen molar-refractivity contribution in [2.75, 3.05) is 41.7 Å². The smallest absolute Gasteiger partial charge is 0.206 e. The van der Waals surface area contributed by atoms with Crippen LogP contribution in [-0.4, -0.2) is 74.5 Å². The van der Waals surface area contributed by atoms with Gasteiger partial charge in [0.05, 0.1) is 17.9 Å². The maximum Gasteiger partial charge on any atom is 0.206 e. The number of nitrogen functional groups attached to an aromatic ring is 1. The van der Waals surface area contributed by atoms with Crippen LogP contribution in [0.2, 0.25) is 0 Å². The highest BCUT2D eigenvalue weighted by Crippen LogP contribution is 2.32. The number of aromatic nitrogens is 4. The monoisotopic (exact) mass is 498 g/mol. The summed E-state index contributed by atoms with van der Waals surface area (Å²) in [6.07, 6.45) is 3.94. The summed E-state index contributed by atoms with van der Waals surface area (Å²) in [4.78, 5) is 16.1. The third-order valence-corrected chi connectivity index (χ3v) is 7.49. The number of hydrogen-bond donors (Lipinski definition) is 2. The number of likely N-dealkylation sites (tertiary alicyclic amines) is 1. The van der Waals surface area contributed by atoms with Crippen molar-refractivity contribution in [3.8, 4) is 28.8 Å². The Morgan fingerprint density at radius 1 is 1.03 bits per heavy atom. The molecular weight excluding hydrogens is 464 g/mol. The predicted octanol–water partition coefficient (Wildman–Crippen LogP) is 3.16. The average Bonchev–Trinajstić information content (AvgIpc) is 3.09. The maximum atomic E-state index is 10.3. The zero-order chi connectivity index (χ0) is 25.9. The normalized spacial score (nSPS) is 22.1. The molecule has 3 atom stereocenters. The Balaban J connectivity index is 1.31. The van der Waals surface area contributed by atoms with E-state index >= 15 is 0 Å². The molecule has 9 heteroatoms. The van der Waals surface area contributed by atoms with Gasteiger partial charge in [0.1, 0.15) is 11.6 Å². The first-order valence-corrected chi connectivity index (χ1v) is 12.9. The van der Waals surface area contributed by atoms with Crippen molar-refractivity contribution in [3.05, 3.63) is 48.4 Å². The molecule has 0 amide bonds. The highest BCUT2D eigenvalue weighted by Gasteiger charge is 2.30. The van der Waals surface area contributed by atoms with E-state index in [0.29, 0.717) is 35.0 Å². The van der Waals surface area contributed by atoms with Crippen LogP contribution in [0.15, 0.2) is 42.6 Å². The van der Waals surface area contributed by atoms with Gasteiger partial charge in [-0.05, 0) is 63.8 Å². The Morgan fingerprint density at radius 3 is 2.62 bits per heavy atom. The first-order valence-electron chi connectivity index (χ1n) is 12.9. The van der Waals surface area contributed by atoms with E-state index in [9.17, 15) is 5.11 Å². The first-order chi connectivity index (χ1) is 17.9. The standard InChI is InChI=1S/C28H34N8O/c1-19-11-14-34(24-18-23(32-33-28(24)29)22-7-4-5-8-25(22)37)15-16-36(19)27-10-12-30-26(31-27)9-6-13-35-20(2)17-21(35)3/h4-5,7-8,10,12,18-21,37H,11,13-17H2,1-3H3,(H2,29,33)/t19-,20?,21?/m1/s1. The van der Waals surface area contributed by atoms with E-state index in [1.807, 2.05) is 24.3 Å². The fourth-order valence-corrected chi connectivity index (χ4v) is 5.26. The minimum absolute atomic E-state index is 0.166. The van der Waals surface area contributed by atoms with Gasteiger partial charge in [-0.1, -0.05) is 18.1 Å². The van der Waals surface area contributed by atoms with Gasteiger partial charge in [0.2, 0.25) is 5.82 Å². The lowest BCUT2D eigenvalue weighted by atomic mass is 9.96. The van der Waals surface area contributed by atoms with E-state index in [1.165, 1.54) is 6.42 Å². The van der Waals surface area contributed by atoms with E-state index in [4.69, 9.17) is 10.7 Å². The van der Waals surface area contributed by atoms with Crippen LogP contribution in [0.25, 0.3) is 11.3 Å². The number of nitrogens with two attached hydrogens (primary N) is 1. The SMILES string of the molecule is CC1CC(C)N1CC#Cc1nccc(N2CCN(c3cc(-c4ccccc4O)nnc3N)CC[C@H]2C)n1. The molecule has 0 saturated carbocycles. The number of aromatic hydroxyl groups is 1. The molecule has 2 unspecified atom stereocenters. The van der Waals surface area contributed by atoms with Crippen LogP contribution in [0.5, 0.6) is 5.75 Å². The lowest BCUT2D eigenvalue weighted by molar-refractivity contribution is 0.0540. The molecule has 2 aromatic heterocycles. The second kappa shape index (κ2) is 10.6.